The summed E-state index contributed by atoms with van der Waals surface area (Å²) in [6.07, 6.45) is 0. The number of benzene rings is 2. The second kappa shape index (κ2) is 7.30. The third-order valence-corrected chi connectivity index (χ3v) is 6.25. The lowest BCUT2D eigenvalue weighted by molar-refractivity contribution is -0.121. The third kappa shape index (κ3) is 3.59. The lowest BCUT2D eigenvalue weighted by Gasteiger charge is -2.14. The summed E-state index contributed by atoms with van der Waals surface area (Å²) >= 11 is 5.84. The average Bonchev–Trinajstić information content (AvgIpc) is 3.25. The topological polar surface area (TPSA) is 122 Å². The first-order valence-electron chi connectivity index (χ1n) is 8.37. The van der Waals surface area contributed by atoms with Crippen LogP contribution in [0.2, 0.25) is 5.02 Å². The summed E-state index contributed by atoms with van der Waals surface area (Å²) in [4.78, 5) is 28.6. The van der Waals surface area contributed by atoms with Gasteiger partial charge in [0.2, 0.25) is 17.6 Å². The lowest BCUT2D eigenvalue weighted by Crippen LogP contribution is -2.40. The Morgan fingerprint density at radius 2 is 1.86 bits per heavy atom. The van der Waals surface area contributed by atoms with E-state index in [2.05, 4.69) is 15.5 Å². The van der Waals surface area contributed by atoms with Crippen LogP contribution in [0.15, 0.2) is 57.9 Å². The van der Waals surface area contributed by atoms with Crippen molar-refractivity contribution in [3.63, 3.8) is 0 Å². The van der Waals surface area contributed by atoms with Gasteiger partial charge in [0.15, 0.2) is 0 Å². The Kier molecular flexibility index (Phi) is 4.81. The van der Waals surface area contributed by atoms with Crippen LogP contribution < -0.4 is 5.32 Å². The molecule has 0 spiro atoms. The summed E-state index contributed by atoms with van der Waals surface area (Å²) in [6, 6.07) is 12.6. The number of nitrogens with zero attached hydrogens (tertiary/aromatic N) is 3. The Bertz CT molecular complexity index is 1210. The zero-order valence-electron chi connectivity index (χ0n) is 14.7. The summed E-state index contributed by atoms with van der Waals surface area (Å²) in [6.45, 7) is -0.761. The van der Waals surface area contributed by atoms with Crippen LogP contribution in [0.25, 0.3) is 11.4 Å². The maximum absolute atomic E-state index is 12.5. The molecule has 1 aliphatic heterocycles. The van der Waals surface area contributed by atoms with Gasteiger partial charge in [-0.05, 0) is 36.4 Å². The van der Waals surface area contributed by atoms with Crippen molar-refractivity contribution in [2.75, 3.05) is 6.54 Å². The lowest BCUT2D eigenvalue weighted by atomic mass is 10.2. The molecule has 0 saturated carbocycles. The van der Waals surface area contributed by atoms with E-state index < -0.39 is 28.4 Å². The molecular weight excluding hydrogens is 420 g/mol. The normalized spacial score (nSPS) is 14.7. The number of carbonyl (C=O) groups is 2. The fraction of sp³-hybridized carbons (Fsp3) is 0.111. The van der Waals surface area contributed by atoms with Crippen molar-refractivity contribution in [2.45, 2.75) is 11.4 Å². The predicted octanol–water partition coefficient (Wildman–Crippen LogP) is 1.85. The second-order valence-corrected chi connectivity index (χ2v) is 8.38. The number of halogens is 1. The Morgan fingerprint density at radius 1 is 1.14 bits per heavy atom. The van der Waals surface area contributed by atoms with Crippen molar-refractivity contribution in [1.82, 2.24) is 19.8 Å². The Morgan fingerprint density at radius 3 is 2.59 bits per heavy atom. The first kappa shape index (κ1) is 19.1. The van der Waals surface area contributed by atoms with E-state index in [1.54, 1.807) is 30.3 Å². The van der Waals surface area contributed by atoms with Crippen LogP contribution in [0.3, 0.4) is 0 Å². The molecule has 0 radical (unpaired) electrons. The van der Waals surface area contributed by atoms with E-state index in [4.69, 9.17) is 16.1 Å². The van der Waals surface area contributed by atoms with Gasteiger partial charge in [-0.1, -0.05) is 28.9 Å². The van der Waals surface area contributed by atoms with Gasteiger partial charge in [-0.25, -0.2) is 12.7 Å². The molecule has 0 saturated heterocycles. The van der Waals surface area contributed by atoms with Gasteiger partial charge in [-0.15, -0.1) is 0 Å². The fourth-order valence-electron chi connectivity index (χ4n) is 2.79. The van der Waals surface area contributed by atoms with Crippen LogP contribution in [0.4, 0.5) is 0 Å². The maximum atomic E-state index is 12.5. The van der Waals surface area contributed by atoms with Crippen molar-refractivity contribution in [3.05, 3.63) is 65.0 Å². The number of fused-ring (bicyclic) bond motifs is 1. The Balaban J connectivity index is 1.40. The summed E-state index contributed by atoms with van der Waals surface area (Å²) < 4.78 is 30.5. The van der Waals surface area contributed by atoms with Gasteiger partial charge in [0.05, 0.1) is 12.1 Å². The highest BCUT2D eigenvalue weighted by atomic mass is 35.5. The monoisotopic (exact) mass is 432 g/mol. The molecule has 3 aromatic rings. The molecule has 0 atom stereocenters. The molecule has 0 unspecified atom stereocenters. The van der Waals surface area contributed by atoms with Gasteiger partial charge in [-0.3, -0.25) is 9.59 Å². The van der Waals surface area contributed by atoms with E-state index >= 15 is 0 Å². The number of rotatable bonds is 5. The van der Waals surface area contributed by atoms with E-state index in [9.17, 15) is 18.0 Å². The zero-order chi connectivity index (χ0) is 20.6. The number of sulfonamides is 1. The van der Waals surface area contributed by atoms with Gasteiger partial charge in [0, 0.05) is 10.6 Å². The molecular formula is C18H13ClN4O5S. The fourth-order valence-corrected chi connectivity index (χ4v) is 4.44. The summed E-state index contributed by atoms with van der Waals surface area (Å²) in [5, 5.41) is 6.86. The van der Waals surface area contributed by atoms with E-state index in [1.165, 1.54) is 18.2 Å². The minimum atomic E-state index is -4.05. The SMILES string of the molecule is O=C(CN1C(=O)c2ccccc2S1(=O)=O)NCc1nc(-c2ccc(Cl)cc2)no1. The summed E-state index contributed by atoms with van der Waals surface area (Å²) in [7, 11) is -4.05. The molecule has 148 valence electrons. The molecule has 1 N–H and O–H groups in total. The minimum absolute atomic E-state index is 0.0461. The Hall–Kier alpha value is -3.24. The Labute approximate surface area is 170 Å². The van der Waals surface area contributed by atoms with E-state index in [0.29, 0.717) is 20.7 Å². The number of amides is 2. The predicted molar refractivity (Wildman–Crippen MR) is 101 cm³/mol. The highest BCUT2D eigenvalue weighted by Crippen LogP contribution is 2.29. The van der Waals surface area contributed by atoms with Crippen molar-refractivity contribution < 1.29 is 22.5 Å². The zero-order valence-corrected chi connectivity index (χ0v) is 16.3. The van der Waals surface area contributed by atoms with Gasteiger partial charge in [-0.2, -0.15) is 4.98 Å². The number of carbonyl (C=O) groups excluding carboxylic acids is 2. The van der Waals surface area contributed by atoms with Crippen molar-refractivity contribution in [1.29, 1.82) is 0 Å². The molecule has 2 aromatic carbocycles. The van der Waals surface area contributed by atoms with Crippen LogP contribution in [0.5, 0.6) is 0 Å². The van der Waals surface area contributed by atoms with Gasteiger partial charge in [0.25, 0.3) is 15.9 Å². The first-order chi connectivity index (χ1) is 13.9. The van der Waals surface area contributed by atoms with E-state index in [-0.39, 0.29) is 22.9 Å². The van der Waals surface area contributed by atoms with Gasteiger partial charge >= 0.3 is 0 Å². The van der Waals surface area contributed by atoms with Gasteiger partial charge < -0.3 is 9.84 Å². The number of hydrogen-bond donors (Lipinski definition) is 1. The number of hydrogen-bond acceptors (Lipinski definition) is 7. The largest absolute Gasteiger partial charge is 0.345 e. The van der Waals surface area contributed by atoms with Crippen LogP contribution in [0, 0.1) is 0 Å². The molecule has 11 heteroatoms. The number of aromatic nitrogens is 2. The summed E-state index contributed by atoms with van der Waals surface area (Å²) in [5.74, 6) is -0.972. The molecule has 0 aliphatic carbocycles. The minimum Gasteiger partial charge on any atom is -0.345 e. The number of nitrogens with one attached hydrogen (secondary N) is 1. The van der Waals surface area contributed by atoms with E-state index in [1.807, 2.05) is 0 Å². The smallest absolute Gasteiger partial charge is 0.269 e. The standard InChI is InChI=1S/C18H13ClN4O5S/c19-12-7-5-11(6-8-12)17-21-16(28-22-17)9-20-15(24)10-23-18(25)13-3-1-2-4-14(13)29(23,26)27/h1-8H,9-10H2,(H,20,24). The average molecular weight is 433 g/mol. The molecule has 1 aliphatic rings. The van der Waals surface area contributed by atoms with Crippen molar-refractivity contribution in [2.24, 2.45) is 0 Å². The molecule has 2 amide bonds. The van der Waals surface area contributed by atoms with Crippen LogP contribution >= 0.6 is 11.6 Å². The van der Waals surface area contributed by atoms with Crippen LogP contribution in [0.1, 0.15) is 16.2 Å². The summed E-state index contributed by atoms with van der Waals surface area (Å²) in [5.41, 5.74) is 0.729. The van der Waals surface area contributed by atoms with Crippen molar-refractivity contribution in [3.8, 4) is 11.4 Å². The quantitative estimate of drug-likeness (QED) is 0.652. The maximum Gasteiger partial charge on any atom is 0.269 e. The first-order valence-corrected chi connectivity index (χ1v) is 10.2. The molecule has 0 bridgehead atoms. The van der Waals surface area contributed by atoms with Crippen LogP contribution in [-0.4, -0.2) is 41.2 Å². The highest BCUT2D eigenvalue weighted by Gasteiger charge is 2.41. The molecule has 4 rings (SSSR count). The second-order valence-electron chi connectivity index (χ2n) is 6.11. The van der Waals surface area contributed by atoms with Crippen molar-refractivity contribution >= 4 is 33.4 Å². The third-order valence-electron chi connectivity index (χ3n) is 4.21. The van der Waals surface area contributed by atoms with Gasteiger partial charge in [0.1, 0.15) is 11.4 Å². The molecule has 1 aromatic heterocycles. The molecule has 9 nitrogen and oxygen atoms in total. The molecule has 29 heavy (non-hydrogen) atoms. The van der Waals surface area contributed by atoms with E-state index in [0.717, 1.165) is 0 Å². The van der Waals surface area contributed by atoms with Crippen LogP contribution in [-0.2, 0) is 21.4 Å². The highest BCUT2D eigenvalue weighted by molar-refractivity contribution is 7.90. The molecule has 2 heterocycles. The molecule has 0 fully saturated rings.